The zero-order valence-corrected chi connectivity index (χ0v) is 7.35. The van der Waals surface area contributed by atoms with Gasteiger partial charge in [0.2, 0.25) is 0 Å². The molecular weight excluding hydrogens is 195 g/mol. The van der Waals surface area contributed by atoms with Crippen molar-refractivity contribution in [3.63, 3.8) is 0 Å². The number of rotatable bonds is 2. The van der Waals surface area contributed by atoms with Crippen LogP contribution in [-0.4, -0.2) is 5.78 Å². The van der Waals surface area contributed by atoms with Gasteiger partial charge in [-0.15, -0.1) is 0 Å². The Morgan fingerprint density at radius 3 is 2.43 bits per heavy atom. The van der Waals surface area contributed by atoms with Gasteiger partial charge in [0.1, 0.15) is 5.82 Å². The van der Waals surface area contributed by atoms with Crippen LogP contribution in [0.3, 0.4) is 0 Å². The van der Waals surface area contributed by atoms with Crippen LogP contribution in [0.5, 0.6) is 0 Å². The van der Waals surface area contributed by atoms with Gasteiger partial charge in [0, 0.05) is 11.3 Å². The highest BCUT2D eigenvalue weighted by molar-refractivity contribution is 5.95. The van der Waals surface area contributed by atoms with Gasteiger partial charge in [-0.1, -0.05) is 0 Å². The average Bonchev–Trinajstić information content (AvgIpc) is 2.02. The van der Waals surface area contributed by atoms with Crippen LogP contribution < -0.4 is 5.73 Å². The Balaban J connectivity index is 3.34. The van der Waals surface area contributed by atoms with Gasteiger partial charge in [-0.25, -0.2) is 13.2 Å². The molecule has 1 aromatic carbocycles. The summed E-state index contributed by atoms with van der Waals surface area (Å²) in [7, 11) is 0. The van der Waals surface area contributed by atoms with Gasteiger partial charge in [-0.3, -0.25) is 4.79 Å². The molecule has 2 N–H and O–H groups in total. The van der Waals surface area contributed by atoms with E-state index in [0.29, 0.717) is 0 Å². The minimum atomic E-state index is -2.81. The summed E-state index contributed by atoms with van der Waals surface area (Å²) >= 11 is 0. The minimum Gasteiger partial charge on any atom is -0.398 e. The fourth-order valence-electron chi connectivity index (χ4n) is 1.06. The normalized spacial score (nSPS) is 10.6. The van der Waals surface area contributed by atoms with Crippen molar-refractivity contribution in [2.75, 3.05) is 5.73 Å². The highest BCUT2D eigenvalue weighted by atomic mass is 19.3. The summed E-state index contributed by atoms with van der Waals surface area (Å²) in [5.74, 6) is -1.48. The van der Waals surface area contributed by atoms with E-state index in [0.717, 1.165) is 19.1 Å². The van der Waals surface area contributed by atoms with Gasteiger partial charge in [0.25, 0.3) is 6.43 Å². The molecule has 0 amide bonds. The molecule has 1 aromatic rings. The first-order valence-electron chi connectivity index (χ1n) is 3.81. The van der Waals surface area contributed by atoms with Gasteiger partial charge in [-0.2, -0.15) is 0 Å². The van der Waals surface area contributed by atoms with Crippen LogP contribution in [-0.2, 0) is 0 Å². The molecule has 0 heterocycles. The molecule has 2 nitrogen and oxygen atoms in total. The Kier molecular flexibility index (Phi) is 2.78. The first kappa shape index (κ1) is 10.6. The van der Waals surface area contributed by atoms with Crippen molar-refractivity contribution in [1.29, 1.82) is 0 Å². The molecule has 0 radical (unpaired) electrons. The predicted molar refractivity (Wildman–Crippen MR) is 45.8 cm³/mol. The van der Waals surface area contributed by atoms with Crippen LogP contribution in [0.25, 0.3) is 0 Å². The van der Waals surface area contributed by atoms with Crippen molar-refractivity contribution in [1.82, 2.24) is 0 Å². The van der Waals surface area contributed by atoms with E-state index in [1.165, 1.54) is 0 Å². The molecule has 1 rings (SSSR count). The van der Waals surface area contributed by atoms with Gasteiger partial charge in [0.05, 0.1) is 5.56 Å². The number of Topliss-reactive ketones (excluding diaryl/α,β-unsaturated/α-hetero) is 1. The Bertz CT molecular complexity index is 377. The van der Waals surface area contributed by atoms with Crippen LogP contribution in [0.1, 0.15) is 29.3 Å². The fourth-order valence-corrected chi connectivity index (χ4v) is 1.06. The maximum Gasteiger partial charge on any atom is 0.265 e. The summed E-state index contributed by atoms with van der Waals surface area (Å²) in [6, 6.07) is 1.52. The second kappa shape index (κ2) is 3.69. The van der Waals surface area contributed by atoms with E-state index in [4.69, 9.17) is 5.73 Å². The SMILES string of the molecule is CC(=O)c1cc(C(F)F)c(N)cc1F. The van der Waals surface area contributed by atoms with E-state index in [1.54, 1.807) is 0 Å². The standard InChI is InChI=1S/C9H8F3NO/c1-4(14)5-2-6(9(11)12)8(13)3-7(5)10/h2-3,9H,13H2,1H3. The lowest BCUT2D eigenvalue weighted by Crippen LogP contribution is -2.03. The number of benzene rings is 1. The van der Waals surface area contributed by atoms with Crippen molar-refractivity contribution in [2.45, 2.75) is 13.3 Å². The van der Waals surface area contributed by atoms with Gasteiger partial charge in [-0.05, 0) is 19.1 Å². The first-order valence-corrected chi connectivity index (χ1v) is 3.81. The Morgan fingerprint density at radius 1 is 1.43 bits per heavy atom. The van der Waals surface area contributed by atoms with Crippen LogP contribution in [0.4, 0.5) is 18.9 Å². The zero-order valence-electron chi connectivity index (χ0n) is 7.35. The van der Waals surface area contributed by atoms with Crippen LogP contribution >= 0.6 is 0 Å². The van der Waals surface area contributed by atoms with Crippen LogP contribution in [0.2, 0.25) is 0 Å². The quantitative estimate of drug-likeness (QED) is 0.592. The Hall–Kier alpha value is -1.52. The third-order valence-electron chi connectivity index (χ3n) is 1.79. The van der Waals surface area contributed by atoms with E-state index >= 15 is 0 Å². The van der Waals surface area contributed by atoms with Crippen molar-refractivity contribution >= 4 is 11.5 Å². The maximum absolute atomic E-state index is 13.0. The number of nitrogens with two attached hydrogens (primary N) is 1. The lowest BCUT2D eigenvalue weighted by Gasteiger charge is -2.07. The molecule has 0 aliphatic heterocycles. The van der Waals surface area contributed by atoms with Crippen molar-refractivity contribution in [3.8, 4) is 0 Å². The van der Waals surface area contributed by atoms with Crippen LogP contribution in [0.15, 0.2) is 12.1 Å². The highest BCUT2D eigenvalue weighted by Crippen LogP contribution is 2.27. The van der Waals surface area contributed by atoms with E-state index in [1.807, 2.05) is 0 Å². The average molecular weight is 203 g/mol. The first-order chi connectivity index (χ1) is 6.43. The number of hydrogen-bond acceptors (Lipinski definition) is 2. The zero-order chi connectivity index (χ0) is 10.9. The van der Waals surface area contributed by atoms with Crippen LogP contribution in [0, 0.1) is 5.82 Å². The van der Waals surface area contributed by atoms with E-state index in [9.17, 15) is 18.0 Å². The molecule has 14 heavy (non-hydrogen) atoms. The molecule has 0 atom stereocenters. The van der Waals surface area contributed by atoms with Gasteiger partial charge >= 0.3 is 0 Å². The topological polar surface area (TPSA) is 43.1 Å². The molecule has 0 bridgehead atoms. The lowest BCUT2D eigenvalue weighted by atomic mass is 10.1. The molecule has 0 unspecified atom stereocenters. The predicted octanol–water partition coefficient (Wildman–Crippen LogP) is 2.55. The number of carbonyl (C=O) groups is 1. The Labute approximate surface area is 78.5 Å². The smallest absolute Gasteiger partial charge is 0.265 e. The minimum absolute atomic E-state index is 0.345. The number of anilines is 1. The van der Waals surface area contributed by atoms with E-state index in [-0.39, 0.29) is 11.3 Å². The summed E-state index contributed by atoms with van der Waals surface area (Å²) in [5.41, 5.74) is 3.93. The number of hydrogen-bond donors (Lipinski definition) is 1. The summed E-state index contributed by atoms with van der Waals surface area (Å²) in [6.45, 7) is 1.10. The molecule has 0 aliphatic carbocycles. The van der Waals surface area contributed by atoms with Gasteiger partial charge < -0.3 is 5.73 Å². The molecule has 76 valence electrons. The molecule has 0 aliphatic rings. The molecule has 5 heteroatoms. The number of alkyl halides is 2. The second-order valence-corrected chi connectivity index (χ2v) is 2.82. The third kappa shape index (κ3) is 1.86. The fraction of sp³-hybridized carbons (Fsp3) is 0.222. The highest BCUT2D eigenvalue weighted by Gasteiger charge is 2.17. The largest absolute Gasteiger partial charge is 0.398 e. The van der Waals surface area contributed by atoms with Crippen molar-refractivity contribution < 1.29 is 18.0 Å². The Morgan fingerprint density at radius 2 is 2.00 bits per heavy atom. The maximum atomic E-state index is 13.0. The summed E-state index contributed by atoms with van der Waals surface area (Å²) < 4.78 is 37.6. The number of nitrogen functional groups attached to an aromatic ring is 1. The van der Waals surface area contributed by atoms with E-state index in [2.05, 4.69) is 0 Å². The summed E-state index contributed by atoms with van der Waals surface area (Å²) in [6.07, 6.45) is -2.81. The number of carbonyl (C=O) groups excluding carboxylic acids is 1. The molecule has 0 saturated carbocycles. The summed E-state index contributed by atoms with van der Waals surface area (Å²) in [4.78, 5) is 10.8. The van der Waals surface area contributed by atoms with Crippen molar-refractivity contribution in [2.24, 2.45) is 0 Å². The monoisotopic (exact) mass is 203 g/mol. The van der Waals surface area contributed by atoms with Gasteiger partial charge in [0.15, 0.2) is 5.78 Å². The van der Waals surface area contributed by atoms with E-state index < -0.39 is 23.6 Å². The molecule has 0 fully saturated rings. The molecular formula is C9H8F3NO. The molecule has 0 spiro atoms. The number of halogens is 3. The molecule has 0 aromatic heterocycles. The third-order valence-corrected chi connectivity index (χ3v) is 1.79. The number of ketones is 1. The summed E-state index contributed by atoms with van der Waals surface area (Å²) in [5, 5.41) is 0. The van der Waals surface area contributed by atoms with Crippen molar-refractivity contribution in [3.05, 3.63) is 29.1 Å². The lowest BCUT2D eigenvalue weighted by molar-refractivity contribution is 0.101. The molecule has 0 saturated heterocycles. The second-order valence-electron chi connectivity index (χ2n) is 2.82.